The Bertz CT molecular complexity index is 996. The van der Waals surface area contributed by atoms with E-state index in [1.807, 2.05) is 31.2 Å². The van der Waals surface area contributed by atoms with Gasteiger partial charge in [0, 0.05) is 16.3 Å². The van der Waals surface area contributed by atoms with Crippen LogP contribution in [-0.2, 0) is 12.8 Å². The number of nitrogens with one attached hydrogen (secondary N) is 1. The average Bonchev–Trinajstić information content (AvgIpc) is 3.01. The third-order valence-electron chi connectivity index (χ3n) is 4.87. The summed E-state index contributed by atoms with van der Waals surface area (Å²) in [5.41, 5.74) is 3.23. The number of carbonyl (C=O) groups is 1. The second kappa shape index (κ2) is 6.68. The Morgan fingerprint density at radius 2 is 2.15 bits per heavy atom. The van der Waals surface area contributed by atoms with Crippen LogP contribution in [0.25, 0.3) is 10.9 Å². The van der Waals surface area contributed by atoms with E-state index in [2.05, 4.69) is 22.2 Å². The van der Waals surface area contributed by atoms with Gasteiger partial charge in [0.05, 0.1) is 29.6 Å². The van der Waals surface area contributed by atoms with E-state index in [-0.39, 0.29) is 5.91 Å². The number of aryl methyl sites for hydroxylation is 2. The van der Waals surface area contributed by atoms with E-state index < -0.39 is 0 Å². The average molecular weight is 367 g/mol. The SMILES string of the molecule is COc1ccc2cc(C(=O)Nc3nc4c(s3)C[C@H](C)CC4)c(C)nc2c1. The van der Waals surface area contributed by atoms with Gasteiger partial charge in [-0.15, -0.1) is 11.3 Å². The van der Waals surface area contributed by atoms with Crippen LogP contribution in [0, 0.1) is 12.8 Å². The molecule has 1 aromatic carbocycles. The lowest BCUT2D eigenvalue weighted by Crippen LogP contribution is -2.14. The molecule has 1 amide bonds. The summed E-state index contributed by atoms with van der Waals surface area (Å²) in [6.45, 7) is 4.11. The topological polar surface area (TPSA) is 64.1 Å². The number of ether oxygens (including phenoxy) is 1. The number of anilines is 1. The highest BCUT2D eigenvalue weighted by Gasteiger charge is 2.21. The molecule has 0 spiro atoms. The number of nitrogens with zero attached hydrogens (tertiary/aromatic N) is 2. The van der Waals surface area contributed by atoms with Gasteiger partial charge in [-0.25, -0.2) is 4.98 Å². The first-order valence-corrected chi connectivity index (χ1v) is 9.60. The molecule has 4 rings (SSSR count). The Hall–Kier alpha value is -2.47. The normalized spacial score (nSPS) is 16.3. The lowest BCUT2D eigenvalue weighted by atomic mass is 9.93. The molecule has 1 N–H and O–H groups in total. The van der Waals surface area contributed by atoms with E-state index in [1.54, 1.807) is 18.4 Å². The molecule has 3 aromatic rings. The first kappa shape index (κ1) is 17.0. The summed E-state index contributed by atoms with van der Waals surface area (Å²) in [5.74, 6) is 1.28. The third-order valence-corrected chi connectivity index (χ3v) is 5.90. The van der Waals surface area contributed by atoms with Gasteiger partial charge in [-0.3, -0.25) is 15.1 Å². The summed E-state index contributed by atoms with van der Waals surface area (Å²) in [5, 5.41) is 4.56. The van der Waals surface area contributed by atoms with Crippen molar-refractivity contribution in [3.63, 3.8) is 0 Å². The molecule has 6 heteroatoms. The van der Waals surface area contributed by atoms with Crippen LogP contribution in [0.2, 0.25) is 0 Å². The van der Waals surface area contributed by atoms with Gasteiger partial charge in [-0.05, 0) is 50.3 Å². The number of methoxy groups -OCH3 is 1. The molecule has 0 saturated carbocycles. The molecule has 2 heterocycles. The van der Waals surface area contributed by atoms with E-state index >= 15 is 0 Å². The van der Waals surface area contributed by atoms with Gasteiger partial charge in [0.1, 0.15) is 5.75 Å². The Labute approximate surface area is 156 Å². The van der Waals surface area contributed by atoms with E-state index in [4.69, 9.17) is 4.74 Å². The predicted molar refractivity (Wildman–Crippen MR) is 104 cm³/mol. The monoisotopic (exact) mass is 367 g/mol. The number of rotatable bonds is 3. The first-order chi connectivity index (χ1) is 12.5. The van der Waals surface area contributed by atoms with Crippen molar-refractivity contribution in [1.29, 1.82) is 0 Å². The van der Waals surface area contributed by atoms with Crippen LogP contribution in [0.3, 0.4) is 0 Å². The van der Waals surface area contributed by atoms with Crippen molar-refractivity contribution in [3.8, 4) is 5.75 Å². The molecule has 1 atom stereocenters. The standard InChI is InChI=1S/C20H21N3O2S/c1-11-4-7-16-18(8-11)26-20(22-16)23-19(24)15-9-13-5-6-14(25-3)10-17(13)21-12(15)2/h5-6,9-11H,4,7-8H2,1-3H3,(H,22,23,24)/t11-/m1/s1. The highest BCUT2D eigenvalue weighted by atomic mass is 32.1. The van der Waals surface area contributed by atoms with Crippen LogP contribution < -0.4 is 10.1 Å². The van der Waals surface area contributed by atoms with Gasteiger partial charge in [-0.1, -0.05) is 6.92 Å². The smallest absolute Gasteiger partial charge is 0.259 e. The van der Waals surface area contributed by atoms with Gasteiger partial charge in [0.2, 0.25) is 0 Å². The predicted octanol–water partition coefficient (Wildman–Crippen LogP) is 4.39. The van der Waals surface area contributed by atoms with Crippen LogP contribution in [0.15, 0.2) is 24.3 Å². The molecule has 26 heavy (non-hydrogen) atoms. The Kier molecular flexibility index (Phi) is 4.36. The molecular weight excluding hydrogens is 346 g/mol. The number of hydrogen-bond donors (Lipinski definition) is 1. The van der Waals surface area contributed by atoms with E-state index in [0.29, 0.717) is 22.3 Å². The Balaban J connectivity index is 1.61. The van der Waals surface area contributed by atoms with Crippen molar-refractivity contribution >= 4 is 33.3 Å². The molecule has 0 unspecified atom stereocenters. The van der Waals surface area contributed by atoms with Crippen molar-refractivity contribution in [2.24, 2.45) is 5.92 Å². The highest BCUT2D eigenvalue weighted by molar-refractivity contribution is 7.15. The lowest BCUT2D eigenvalue weighted by Gasteiger charge is -2.15. The fraction of sp³-hybridized carbons (Fsp3) is 0.350. The molecule has 0 fully saturated rings. The molecule has 0 radical (unpaired) electrons. The fourth-order valence-electron chi connectivity index (χ4n) is 3.36. The summed E-state index contributed by atoms with van der Waals surface area (Å²) in [4.78, 5) is 23.3. The minimum absolute atomic E-state index is 0.160. The van der Waals surface area contributed by atoms with Crippen molar-refractivity contribution in [2.45, 2.75) is 33.1 Å². The van der Waals surface area contributed by atoms with E-state index in [1.165, 1.54) is 11.3 Å². The molecule has 5 nitrogen and oxygen atoms in total. The van der Waals surface area contributed by atoms with Crippen LogP contribution >= 0.6 is 11.3 Å². The number of thiazole rings is 1. The van der Waals surface area contributed by atoms with Gasteiger partial charge in [-0.2, -0.15) is 0 Å². The number of amides is 1. The maximum Gasteiger partial charge on any atom is 0.259 e. The van der Waals surface area contributed by atoms with Crippen LogP contribution in [0.5, 0.6) is 5.75 Å². The number of aromatic nitrogens is 2. The molecule has 1 aliphatic carbocycles. The number of benzene rings is 1. The van der Waals surface area contributed by atoms with Crippen LogP contribution in [0.4, 0.5) is 5.13 Å². The highest BCUT2D eigenvalue weighted by Crippen LogP contribution is 2.32. The second-order valence-corrected chi connectivity index (χ2v) is 7.95. The fourth-order valence-corrected chi connectivity index (χ4v) is 4.52. The molecule has 0 aliphatic heterocycles. The zero-order chi connectivity index (χ0) is 18.3. The Morgan fingerprint density at radius 3 is 2.96 bits per heavy atom. The van der Waals surface area contributed by atoms with E-state index in [9.17, 15) is 4.79 Å². The van der Waals surface area contributed by atoms with E-state index in [0.717, 1.165) is 35.2 Å². The number of fused-ring (bicyclic) bond motifs is 2. The van der Waals surface area contributed by atoms with Crippen molar-refractivity contribution in [3.05, 3.63) is 46.1 Å². The van der Waals surface area contributed by atoms with Gasteiger partial charge < -0.3 is 4.74 Å². The molecule has 0 saturated heterocycles. The number of pyridine rings is 1. The molecule has 1 aliphatic rings. The number of carbonyl (C=O) groups excluding carboxylic acids is 1. The molecule has 134 valence electrons. The zero-order valence-corrected chi connectivity index (χ0v) is 15.9. The van der Waals surface area contributed by atoms with Gasteiger partial charge in [0.25, 0.3) is 5.91 Å². The maximum absolute atomic E-state index is 12.8. The Morgan fingerprint density at radius 1 is 1.31 bits per heavy atom. The molecule has 0 bridgehead atoms. The van der Waals surface area contributed by atoms with Crippen molar-refractivity contribution < 1.29 is 9.53 Å². The number of hydrogen-bond acceptors (Lipinski definition) is 5. The molecule has 2 aromatic heterocycles. The molecular formula is C20H21N3O2S. The summed E-state index contributed by atoms with van der Waals surface area (Å²) >= 11 is 1.60. The second-order valence-electron chi connectivity index (χ2n) is 6.87. The first-order valence-electron chi connectivity index (χ1n) is 8.79. The minimum Gasteiger partial charge on any atom is -0.497 e. The summed E-state index contributed by atoms with van der Waals surface area (Å²) < 4.78 is 5.24. The quantitative estimate of drug-likeness (QED) is 0.746. The summed E-state index contributed by atoms with van der Waals surface area (Å²) in [7, 11) is 1.63. The minimum atomic E-state index is -0.160. The van der Waals surface area contributed by atoms with Crippen molar-refractivity contribution in [1.82, 2.24) is 9.97 Å². The maximum atomic E-state index is 12.8. The third kappa shape index (κ3) is 3.17. The lowest BCUT2D eigenvalue weighted by molar-refractivity contribution is 0.102. The van der Waals surface area contributed by atoms with Crippen LogP contribution in [0.1, 0.15) is 40.0 Å². The zero-order valence-electron chi connectivity index (χ0n) is 15.1. The largest absolute Gasteiger partial charge is 0.497 e. The van der Waals surface area contributed by atoms with Crippen molar-refractivity contribution in [2.75, 3.05) is 12.4 Å². The van der Waals surface area contributed by atoms with Gasteiger partial charge >= 0.3 is 0 Å². The van der Waals surface area contributed by atoms with Gasteiger partial charge in [0.15, 0.2) is 5.13 Å². The van der Waals surface area contributed by atoms with Crippen LogP contribution in [-0.4, -0.2) is 23.0 Å². The summed E-state index contributed by atoms with van der Waals surface area (Å²) in [6, 6.07) is 7.54. The summed E-state index contributed by atoms with van der Waals surface area (Å²) in [6.07, 6.45) is 3.23.